The van der Waals surface area contributed by atoms with Gasteiger partial charge >= 0.3 is 6.03 Å². The van der Waals surface area contributed by atoms with Crippen molar-refractivity contribution in [1.29, 1.82) is 0 Å². The Kier molecular flexibility index (Phi) is 11.3. The van der Waals surface area contributed by atoms with E-state index in [0.717, 1.165) is 5.01 Å². The number of nitrogen functional groups attached to an aromatic ring is 1. The number of nitrogens with two attached hydrogens (primary N) is 2. The maximum absolute atomic E-state index is 13.2. The Morgan fingerprint density at radius 3 is 2.74 bits per heavy atom. The van der Waals surface area contributed by atoms with Gasteiger partial charge in [0.2, 0.25) is 5.13 Å². The first-order chi connectivity index (χ1) is 11.9. The van der Waals surface area contributed by atoms with Crippen LogP contribution in [0.2, 0.25) is 0 Å². The van der Waals surface area contributed by atoms with Crippen molar-refractivity contribution >= 4 is 53.3 Å². The molecule has 1 aromatic carbocycles. The maximum atomic E-state index is 13.2. The molecule has 2 amide bonds. The third-order valence-electron chi connectivity index (χ3n) is 3.25. The van der Waals surface area contributed by atoms with Crippen LogP contribution in [0.1, 0.15) is 30.0 Å². The Morgan fingerprint density at radius 1 is 1.37 bits per heavy atom. The molecule has 8 nitrogen and oxygen atoms in total. The van der Waals surface area contributed by atoms with Gasteiger partial charge in [-0.3, -0.25) is 10.3 Å². The fraction of sp³-hybridized carbons (Fsp3) is 0.333. The number of rotatable bonds is 6. The summed E-state index contributed by atoms with van der Waals surface area (Å²) in [5.74, 6) is -0.342. The molecule has 1 unspecified atom stereocenters. The number of anilines is 1. The minimum Gasteiger partial charge on any atom is -0.374 e. The quantitative estimate of drug-likeness (QED) is 0.313. The summed E-state index contributed by atoms with van der Waals surface area (Å²) >= 11 is 1.33. The minimum atomic E-state index is -0.505. The smallest absolute Gasteiger partial charge is 0.322 e. The summed E-state index contributed by atoms with van der Waals surface area (Å²) in [6.45, 7) is 2.18. The number of nitrogens with zero attached hydrogens (tertiary/aromatic N) is 3. The highest BCUT2D eigenvalue weighted by Gasteiger charge is 2.10. The molecule has 1 heterocycles. The minimum absolute atomic E-state index is 0. The topological polar surface area (TPSA) is 131 Å². The zero-order valence-corrected chi connectivity index (χ0v) is 17.0. The molecule has 0 spiro atoms. The lowest BCUT2D eigenvalue weighted by molar-refractivity contribution is 0.242. The number of amides is 2. The van der Waals surface area contributed by atoms with E-state index in [0.29, 0.717) is 30.1 Å². The van der Waals surface area contributed by atoms with E-state index in [9.17, 15) is 9.18 Å². The van der Waals surface area contributed by atoms with Crippen LogP contribution < -0.4 is 22.1 Å². The van der Waals surface area contributed by atoms with Crippen LogP contribution in [-0.2, 0) is 6.42 Å². The van der Waals surface area contributed by atoms with Gasteiger partial charge in [0.05, 0.1) is 6.04 Å². The molecule has 12 heteroatoms. The summed E-state index contributed by atoms with van der Waals surface area (Å²) in [6, 6.07) is 5.15. The van der Waals surface area contributed by atoms with Crippen LogP contribution in [0.25, 0.3) is 0 Å². The van der Waals surface area contributed by atoms with E-state index < -0.39 is 6.03 Å². The fourth-order valence-corrected chi connectivity index (χ4v) is 2.70. The molecule has 27 heavy (non-hydrogen) atoms. The maximum Gasteiger partial charge on any atom is 0.322 e. The summed E-state index contributed by atoms with van der Waals surface area (Å²) in [5, 5.41) is 14.0. The van der Waals surface area contributed by atoms with E-state index in [1.807, 2.05) is 0 Å². The highest BCUT2D eigenvalue weighted by molar-refractivity contribution is 7.15. The SMILES string of the molecule is CC(NC(=O)NC(N)=NCCCc1nnc(N)s1)c1cccc(F)c1.Cl.Cl. The second kappa shape index (κ2) is 12.3. The highest BCUT2D eigenvalue weighted by atomic mass is 35.5. The number of guanidine groups is 1. The molecule has 1 atom stereocenters. The van der Waals surface area contributed by atoms with Crippen molar-refractivity contribution in [3.8, 4) is 0 Å². The Labute approximate surface area is 172 Å². The summed E-state index contributed by atoms with van der Waals surface area (Å²) in [4.78, 5) is 15.9. The molecule has 2 rings (SSSR count). The number of nitrogens with one attached hydrogen (secondary N) is 2. The van der Waals surface area contributed by atoms with Gasteiger partial charge in [0.1, 0.15) is 10.8 Å². The number of hydrogen-bond acceptors (Lipinski definition) is 6. The Morgan fingerprint density at radius 2 is 2.11 bits per heavy atom. The molecule has 0 fully saturated rings. The predicted octanol–water partition coefficient (Wildman–Crippen LogP) is 2.41. The van der Waals surface area contributed by atoms with E-state index in [2.05, 4.69) is 25.8 Å². The van der Waals surface area contributed by atoms with Crippen molar-refractivity contribution in [3.63, 3.8) is 0 Å². The van der Waals surface area contributed by atoms with E-state index in [1.54, 1.807) is 19.1 Å². The second-order valence-electron chi connectivity index (χ2n) is 5.28. The first-order valence-electron chi connectivity index (χ1n) is 7.65. The van der Waals surface area contributed by atoms with Crippen LogP contribution >= 0.6 is 36.2 Å². The molecule has 0 aliphatic heterocycles. The van der Waals surface area contributed by atoms with Gasteiger partial charge in [-0.2, -0.15) is 0 Å². The fourth-order valence-electron chi connectivity index (χ4n) is 2.05. The van der Waals surface area contributed by atoms with Crippen LogP contribution in [0.15, 0.2) is 29.3 Å². The molecule has 0 radical (unpaired) electrons. The molecule has 0 saturated heterocycles. The molecule has 6 N–H and O–H groups in total. The molecule has 150 valence electrons. The zero-order valence-electron chi connectivity index (χ0n) is 14.5. The normalized spacial score (nSPS) is 11.7. The predicted molar refractivity (Wildman–Crippen MR) is 110 cm³/mol. The number of carbonyl (C=O) groups excluding carboxylic acids is 1. The van der Waals surface area contributed by atoms with Gasteiger partial charge < -0.3 is 16.8 Å². The number of halogens is 3. The molecule has 0 aliphatic rings. The molecule has 0 bridgehead atoms. The van der Waals surface area contributed by atoms with Gasteiger partial charge in [0.25, 0.3) is 0 Å². The molecule has 0 saturated carbocycles. The Hall–Kier alpha value is -2.17. The largest absolute Gasteiger partial charge is 0.374 e. The molecule has 0 aliphatic carbocycles. The third kappa shape index (κ3) is 8.85. The Balaban J connectivity index is 0.00000338. The number of aliphatic imine (C=N–C) groups is 1. The Bertz CT molecular complexity index is 759. The van der Waals surface area contributed by atoms with Crippen molar-refractivity contribution in [2.75, 3.05) is 12.3 Å². The van der Waals surface area contributed by atoms with Gasteiger partial charge in [-0.1, -0.05) is 23.5 Å². The number of aromatic nitrogens is 2. The van der Waals surface area contributed by atoms with Gasteiger partial charge in [-0.25, -0.2) is 9.18 Å². The number of hydrogen-bond donors (Lipinski definition) is 4. The first kappa shape index (κ1) is 24.8. The molecule has 2 aromatic rings. The standard InChI is InChI=1S/C15H20FN7OS.2ClH/c1-9(10-4-2-5-11(16)8-10)20-15(24)21-13(17)19-7-3-6-12-22-23-14(18)25-12;;/h2,4-5,8-9H,3,6-7H2,1H3,(H2,18,23)(H4,17,19,20,21,24);2*1H. The van der Waals surface area contributed by atoms with Crippen LogP contribution in [0.4, 0.5) is 14.3 Å². The monoisotopic (exact) mass is 437 g/mol. The van der Waals surface area contributed by atoms with Crippen LogP contribution in [0, 0.1) is 5.82 Å². The van der Waals surface area contributed by atoms with Crippen molar-refractivity contribution in [2.45, 2.75) is 25.8 Å². The lowest BCUT2D eigenvalue weighted by Crippen LogP contribution is -2.44. The molecular formula is C15H22Cl2FN7OS. The number of aryl methyl sites for hydroxylation is 1. The van der Waals surface area contributed by atoms with E-state index in [4.69, 9.17) is 11.5 Å². The summed E-state index contributed by atoms with van der Waals surface area (Å²) < 4.78 is 13.2. The highest BCUT2D eigenvalue weighted by Crippen LogP contribution is 2.13. The van der Waals surface area contributed by atoms with Crippen molar-refractivity contribution < 1.29 is 9.18 Å². The van der Waals surface area contributed by atoms with Gasteiger partial charge in [-0.05, 0) is 31.0 Å². The average Bonchev–Trinajstić information content (AvgIpc) is 2.97. The van der Waals surface area contributed by atoms with Crippen molar-refractivity contribution in [2.24, 2.45) is 10.7 Å². The lowest BCUT2D eigenvalue weighted by atomic mass is 10.1. The first-order valence-corrected chi connectivity index (χ1v) is 8.46. The van der Waals surface area contributed by atoms with Gasteiger partial charge in [0, 0.05) is 13.0 Å². The lowest BCUT2D eigenvalue weighted by Gasteiger charge is -2.14. The molecular weight excluding hydrogens is 416 g/mol. The van der Waals surface area contributed by atoms with E-state index >= 15 is 0 Å². The summed E-state index contributed by atoms with van der Waals surface area (Å²) in [5.41, 5.74) is 11.8. The summed E-state index contributed by atoms with van der Waals surface area (Å²) in [7, 11) is 0. The van der Waals surface area contributed by atoms with Crippen molar-refractivity contribution in [1.82, 2.24) is 20.8 Å². The third-order valence-corrected chi connectivity index (χ3v) is 4.06. The van der Waals surface area contributed by atoms with E-state index in [-0.39, 0.29) is 42.6 Å². The average molecular weight is 438 g/mol. The number of benzene rings is 1. The zero-order chi connectivity index (χ0) is 18.2. The summed E-state index contributed by atoms with van der Waals surface area (Å²) in [6.07, 6.45) is 1.40. The van der Waals surface area contributed by atoms with Gasteiger partial charge in [-0.15, -0.1) is 35.0 Å². The molecule has 1 aromatic heterocycles. The van der Waals surface area contributed by atoms with Crippen molar-refractivity contribution in [3.05, 3.63) is 40.7 Å². The number of urea groups is 1. The van der Waals surface area contributed by atoms with Crippen LogP contribution in [0.3, 0.4) is 0 Å². The number of carbonyl (C=O) groups is 1. The van der Waals surface area contributed by atoms with E-state index in [1.165, 1.54) is 23.5 Å². The second-order valence-corrected chi connectivity index (χ2v) is 6.37. The van der Waals surface area contributed by atoms with Gasteiger partial charge in [0.15, 0.2) is 5.96 Å². The van der Waals surface area contributed by atoms with Crippen LogP contribution in [-0.4, -0.2) is 28.7 Å². The van der Waals surface area contributed by atoms with Crippen LogP contribution in [0.5, 0.6) is 0 Å².